The summed E-state index contributed by atoms with van der Waals surface area (Å²) in [6.07, 6.45) is 1.50. The second-order valence-electron chi connectivity index (χ2n) is 9.42. The van der Waals surface area contributed by atoms with E-state index in [2.05, 4.69) is 44.9 Å². The summed E-state index contributed by atoms with van der Waals surface area (Å²) in [7, 11) is 0. The Morgan fingerprint density at radius 3 is 2.61 bits per heavy atom. The van der Waals surface area contributed by atoms with Crippen molar-refractivity contribution in [2.45, 2.75) is 46.2 Å². The van der Waals surface area contributed by atoms with Crippen molar-refractivity contribution in [2.75, 3.05) is 26.3 Å². The van der Waals surface area contributed by atoms with E-state index in [0.29, 0.717) is 11.1 Å². The Morgan fingerprint density at radius 1 is 1.11 bits per heavy atom. The first kappa shape index (κ1) is 24.6. The molecule has 3 heterocycles. The SMILES string of the molecule is Cc1noc(C)c1-c1ccc2c(c1)nc(CCc1ccc(N=O)c(Cl)c1)n2C[C@H](C)N1CCOCC1. The van der Waals surface area contributed by atoms with E-state index in [1.807, 2.05) is 26.0 Å². The first-order chi connectivity index (χ1) is 17.4. The third kappa shape index (κ3) is 4.93. The maximum absolute atomic E-state index is 10.9. The van der Waals surface area contributed by atoms with Gasteiger partial charge in [-0.3, -0.25) is 4.90 Å². The van der Waals surface area contributed by atoms with Gasteiger partial charge in [-0.25, -0.2) is 4.98 Å². The van der Waals surface area contributed by atoms with Gasteiger partial charge < -0.3 is 13.8 Å². The highest BCUT2D eigenvalue weighted by atomic mass is 35.5. The zero-order valence-electron chi connectivity index (χ0n) is 20.8. The molecule has 1 atom stereocenters. The molecule has 0 saturated carbocycles. The maximum Gasteiger partial charge on any atom is 0.141 e. The quantitative estimate of drug-likeness (QED) is 0.277. The molecule has 1 saturated heterocycles. The Balaban J connectivity index is 1.48. The number of aryl methyl sites for hydroxylation is 4. The van der Waals surface area contributed by atoms with Crippen molar-refractivity contribution < 1.29 is 9.26 Å². The standard InChI is InChI=1S/C27H30ClN5O3/c1-17(32-10-12-35-13-11-32)16-33-25-8-6-21(27-18(2)31-36-19(27)3)15-24(25)29-26(33)9-5-20-4-7-23(30-34)22(28)14-20/h4,6-8,14-15,17H,5,9-13,16H2,1-3H3/t17-/m0/s1. The van der Waals surface area contributed by atoms with Gasteiger partial charge in [0, 0.05) is 37.7 Å². The summed E-state index contributed by atoms with van der Waals surface area (Å²) in [4.78, 5) is 18.4. The van der Waals surface area contributed by atoms with Crippen LogP contribution < -0.4 is 0 Å². The first-order valence-electron chi connectivity index (χ1n) is 12.3. The number of hydrogen-bond acceptors (Lipinski definition) is 7. The molecule has 36 heavy (non-hydrogen) atoms. The minimum Gasteiger partial charge on any atom is -0.379 e. The largest absolute Gasteiger partial charge is 0.379 e. The monoisotopic (exact) mass is 507 g/mol. The van der Waals surface area contributed by atoms with Gasteiger partial charge in [-0.2, -0.15) is 0 Å². The average molecular weight is 508 g/mol. The molecular formula is C27H30ClN5O3. The normalized spacial score (nSPS) is 15.4. The molecule has 0 bridgehead atoms. The van der Waals surface area contributed by atoms with Crippen molar-refractivity contribution in [2.24, 2.45) is 5.18 Å². The molecule has 1 aliphatic rings. The topological polar surface area (TPSA) is 85.8 Å². The van der Waals surface area contributed by atoms with Crippen molar-refractivity contribution in [1.29, 1.82) is 0 Å². The van der Waals surface area contributed by atoms with Gasteiger partial charge in [-0.05, 0) is 67.8 Å². The van der Waals surface area contributed by atoms with Crippen LogP contribution in [0.4, 0.5) is 5.69 Å². The van der Waals surface area contributed by atoms with Crippen molar-refractivity contribution in [3.63, 3.8) is 0 Å². The Hall–Kier alpha value is -3.07. The van der Waals surface area contributed by atoms with Gasteiger partial charge in [0.25, 0.3) is 0 Å². The number of aromatic nitrogens is 3. The highest BCUT2D eigenvalue weighted by Gasteiger charge is 2.21. The summed E-state index contributed by atoms with van der Waals surface area (Å²) in [6, 6.07) is 12.1. The number of benzene rings is 2. The van der Waals surface area contributed by atoms with Gasteiger partial charge in [-0.15, -0.1) is 4.91 Å². The summed E-state index contributed by atoms with van der Waals surface area (Å²) in [5, 5.41) is 7.46. The lowest BCUT2D eigenvalue weighted by molar-refractivity contribution is 0.0170. The molecule has 0 spiro atoms. The fourth-order valence-electron chi connectivity index (χ4n) is 5.06. The van der Waals surface area contributed by atoms with Crippen LogP contribution >= 0.6 is 11.6 Å². The molecule has 1 aliphatic heterocycles. The molecule has 4 aromatic rings. The summed E-state index contributed by atoms with van der Waals surface area (Å²) >= 11 is 6.21. The molecule has 188 valence electrons. The molecule has 0 unspecified atom stereocenters. The van der Waals surface area contributed by atoms with E-state index in [4.69, 9.17) is 25.8 Å². The van der Waals surface area contributed by atoms with E-state index in [9.17, 15) is 4.91 Å². The smallest absolute Gasteiger partial charge is 0.141 e. The van der Waals surface area contributed by atoms with E-state index >= 15 is 0 Å². The lowest BCUT2D eigenvalue weighted by Crippen LogP contribution is -2.44. The van der Waals surface area contributed by atoms with Gasteiger partial charge in [0.1, 0.15) is 17.3 Å². The Labute approximate surface area is 215 Å². The number of rotatable bonds is 8. The number of nitrogens with zero attached hydrogens (tertiary/aromatic N) is 5. The van der Waals surface area contributed by atoms with Crippen molar-refractivity contribution in [1.82, 2.24) is 19.6 Å². The van der Waals surface area contributed by atoms with Gasteiger partial charge >= 0.3 is 0 Å². The van der Waals surface area contributed by atoms with Crippen molar-refractivity contribution in [3.8, 4) is 11.1 Å². The van der Waals surface area contributed by atoms with Gasteiger partial charge in [-0.1, -0.05) is 28.9 Å². The van der Waals surface area contributed by atoms with Crippen LogP contribution in [0.3, 0.4) is 0 Å². The Kier molecular flexibility index (Phi) is 7.18. The molecule has 0 amide bonds. The number of imidazole rings is 1. The summed E-state index contributed by atoms with van der Waals surface area (Å²) < 4.78 is 13.3. The van der Waals surface area contributed by atoms with Crippen molar-refractivity contribution >= 4 is 28.3 Å². The first-order valence-corrected chi connectivity index (χ1v) is 12.7. The average Bonchev–Trinajstić information content (AvgIpc) is 3.41. The highest BCUT2D eigenvalue weighted by Crippen LogP contribution is 2.31. The van der Waals surface area contributed by atoms with E-state index in [1.54, 1.807) is 6.07 Å². The third-order valence-electron chi connectivity index (χ3n) is 7.01. The number of nitroso groups, excluding NO2 is 1. The predicted molar refractivity (Wildman–Crippen MR) is 141 cm³/mol. The van der Waals surface area contributed by atoms with E-state index in [1.165, 1.54) is 0 Å². The molecular weight excluding hydrogens is 478 g/mol. The molecule has 0 aliphatic carbocycles. The summed E-state index contributed by atoms with van der Waals surface area (Å²) in [6.45, 7) is 10.4. The molecule has 2 aromatic heterocycles. The maximum atomic E-state index is 10.9. The van der Waals surface area contributed by atoms with Crippen LogP contribution in [-0.4, -0.2) is 52.0 Å². The lowest BCUT2D eigenvalue weighted by atomic mass is 10.0. The fourth-order valence-corrected chi connectivity index (χ4v) is 5.30. The van der Waals surface area contributed by atoms with Crippen LogP contribution in [0.25, 0.3) is 22.2 Å². The number of morpholine rings is 1. The second kappa shape index (κ2) is 10.5. The van der Waals surface area contributed by atoms with Crippen LogP contribution in [0, 0.1) is 18.8 Å². The van der Waals surface area contributed by atoms with E-state index < -0.39 is 0 Å². The highest BCUT2D eigenvalue weighted by molar-refractivity contribution is 6.33. The lowest BCUT2D eigenvalue weighted by Gasteiger charge is -2.32. The molecule has 0 N–H and O–H groups in total. The molecule has 8 nitrogen and oxygen atoms in total. The van der Waals surface area contributed by atoms with Crippen LogP contribution in [0.2, 0.25) is 5.02 Å². The molecule has 5 rings (SSSR count). The summed E-state index contributed by atoms with van der Waals surface area (Å²) in [5.74, 6) is 1.83. The Morgan fingerprint density at radius 2 is 1.92 bits per heavy atom. The van der Waals surface area contributed by atoms with E-state index in [-0.39, 0.29) is 5.69 Å². The van der Waals surface area contributed by atoms with Crippen LogP contribution in [-0.2, 0) is 24.1 Å². The predicted octanol–water partition coefficient (Wildman–Crippen LogP) is 5.87. The number of ether oxygens (including phenoxy) is 1. The zero-order valence-corrected chi connectivity index (χ0v) is 21.6. The fraction of sp³-hybridized carbons (Fsp3) is 0.407. The van der Waals surface area contributed by atoms with E-state index in [0.717, 1.165) is 90.7 Å². The molecule has 2 aromatic carbocycles. The van der Waals surface area contributed by atoms with Crippen LogP contribution in [0.1, 0.15) is 29.8 Å². The Bertz CT molecular complexity index is 1370. The minimum atomic E-state index is 0.263. The van der Waals surface area contributed by atoms with Crippen LogP contribution in [0.15, 0.2) is 46.1 Å². The van der Waals surface area contributed by atoms with Gasteiger partial charge in [0.05, 0.1) is 35.0 Å². The zero-order chi connectivity index (χ0) is 25.2. The second-order valence-corrected chi connectivity index (χ2v) is 9.82. The van der Waals surface area contributed by atoms with Crippen molar-refractivity contribution in [3.05, 3.63) is 69.2 Å². The van der Waals surface area contributed by atoms with Gasteiger partial charge in [0.2, 0.25) is 0 Å². The summed E-state index contributed by atoms with van der Waals surface area (Å²) in [5.41, 5.74) is 6.32. The molecule has 9 heteroatoms. The van der Waals surface area contributed by atoms with Gasteiger partial charge in [0.15, 0.2) is 0 Å². The number of fused-ring (bicyclic) bond motifs is 1. The third-order valence-corrected chi connectivity index (χ3v) is 7.32. The number of hydrogen-bond donors (Lipinski definition) is 0. The molecule has 0 radical (unpaired) electrons. The molecule has 1 fully saturated rings. The minimum absolute atomic E-state index is 0.263. The number of halogens is 1. The van der Waals surface area contributed by atoms with Crippen LogP contribution in [0.5, 0.6) is 0 Å².